The number of rotatable bonds is 6. The molecular formula is C15H24N2. The fourth-order valence-corrected chi connectivity index (χ4v) is 2.30. The van der Waals surface area contributed by atoms with Crippen LogP contribution >= 0.6 is 0 Å². The molecule has 2 rings (SSSR count). The minimum absolute atomic E-state index is 0.957. The van der Waals surface area contributed by atoms with E-state index in [1.807, 2.05) is 0 Å². The molecule has 1 aliphatic rings. The van der Waals surface area contributed by atoms with E-state index in [4.69, 9.17) is 0 Å². The Morgan fingerprint density at radius 2 is 2.06 bits per heavy atom. The zero-order chi connectivity index (χ0) is 12.3. The Labute approximate surface area is 105 Å². The summed E-state index contributed by atoms with van der Waals surface area (Å²) in [6.07, 6.45) is 1.43. The van der Waals surface area contributed by atoms with Gasteiger partial charge in [-0.3, -0.25) is 0 Å². The van der Waals surface area contributed by atoms with Crippen LogP contribution in [0.3, 0.4) is 0 Å². The predicted octanol–water partition coefficient (Wildman–Crippen LogP) is 2.99. The summed E-state index contributed by atoms with van der Waals surface area (Å²) < 4.78 is 0. The van der Waals surface area contributed by atoms with Crippen molar-refractivity contribution in [3.8, 4) is 0 Å². The van der Waals surface area contributed by atoms with Crippen molar-refractivity contribution in [2.75, 3.05) is 32.0 Å². The second kappa shape index (κ2) is 5.54. The van der Waals surface area contributed by atoms with Crippen molar-refractivity contribution in [2.45, 2.75) is 20.3 Å². The van der Waals surface area contributed by atoms with Crippen molar-refractivity contribution < 1.29 is 0 Å². The van der Waals surface area contributed by atoms with Gasteiger partial charge in [0.15, 0.2) is 0 Å². The molecule has 0 radical (unpaired) electrons. The number of benzene rings is 1. The summed E-state index contributed by atoms with van der Waals surface area (Å²) in [5.74, 6) is 1.92. The Kier molecular flexibility index (Phi) is 4.06. The molecule has 0 aliphatic heterocycles. The van der Waals surface area contributed by atoms with Crippen LogP contribution in [-0.4, -0.2) is 31.6 Å². The minimum atomic E-state index is 0.957. The number of para-hydroxylation sites is 1. The molecule has 2 unspecified atom stereocenters. The third kappa shape index (κ3) is 3.74. The first-order chi connectivity index (χ1) is 8.16. The maximum absolute atomic E-state index is 3.51. The molecule has 1 aromatic rings. The molecule has 1 aliphatic carbocycles. The molecule has 2 nitrogen and oxygen atoms in total. The smallest absolute Gasteiger partial charge is 0.0370 e. The summed E-state index contributed by atoms with van der Waals surface area (Å²) in [7, 11) is 2.23. The van der Waals surface area contributed by atoms with Crippen molar-refractivity contribution >= 4 is 5.69 Å². The lowest BCUT2D eigenvalue weighted by molar-refractivity contribution is 0.326. The molecule has 1 aromatic carbocycles. The molecular weight excluding hydrogens is 208 g/mol. The van der Waals surface area contributed by atoms with Gasteiger partial charge in [0.1, 0.15) is 0 Å². The molecule has 0 aromatic heterocycles. The van der Waals surface area contributed by atoms with Crippen LogP contribution in [0.1, 0.15) is 18.9 Å². The molecule has 0 bridgehead atoms. The largest absolute Gasteiger partial charge is 0.384 e. The van der Waals surface area contributed by atoms with Gasteiger partial charge in [0, 0.05) is 25.3 Å². The fourth-order valence-electron chi connectivity index (χ4n) is 2.30. The molecule has 94 valence electrons. The number of nitrogens with zero attached hydrogens (tertiary/aromatic N) is 1. The summed E-state index contributed by atoms with van der Waals surface area (Å²) in [5.41, 5.74) is 2.59. The minimum Gasteiger partial charge on any atom is -0.384 e. The third-order valence-corrected chi connectivity index (χ3v) is 3.78. The van der Waals surface area contributed by atoms with E-state index in [2.05, 4.69) is 55.4 Å². The standard InChI is InChI=1S/C15H24N2/c1-12-6-4-5-7-15(12)16-8-9-17(3)11-14-10-13(14)2/h4-7,13-14,16H,8-11H2,1-3H3. The van der Waals surface area contributed by atoms with E-state index in [0.29, 0.717) is 0 Å². The van der Waals surface area contributed by atoms with Crippen LogP contribution in [0.15, 0.2) is 24.3 Å². The van der Waals surface area contributed by atoms with Gasteiger partial charge in [-0.1, -0.05) is 25.1 Å². The monoisotopic (exact) mass is 232 g/mol. The Hall–Kier alpha value is -1.02. The number of aryl methyl sites for hydroxylation is 1. The van der Waals surface area contributed by atoms with E-state index in [1.54, 1.807) is 0 Å². The van der Waals surface area contributed by atoms with E-state index in [0.717, 1.165) is 24.9 Å². The highest BCUT2D eigenvalue weighted by Gasteiger charge is 2.32. The van der Waals surface area contributed by atoms with E-state index in [1.165, 1.54) is 24.2 Å². The average Bonchev–Trinajstić information content (AvgIpc) is 2.97. The summed E-state index contributed by atoms with van der Waals surface area (Å²) in [6.45, 7) is 7.92. The van der Waals surface area contributed by atoms with Gasteiger partial charge in [-0.15, -0.1) is 0 Å². The molecule has 1 saturated carbocycles. The van der Waals surface area contributed by atoms with E-state index < -0.39 is 0 Å². The molecule has 2 atom stereocenters. The lowest BCUT2D eigenvalue weighted by Crippen LogP contribution is -2.27. The van der Waals surface area contributed by atoms with Gasteiger partial charge in [-0.2, -0.15) is 0 Å². The highest BCUT2D eigenvalue weighted by Crippen LogP contribution is 2.37. The Morgan fingerprint density at radius 3 is 2.71 bits per heavy atom. The normalized spacial score (nSPS) is 22.8. The Morgan fingerprint density at radius 1 is 1.35 bits per heavy atom. The van der Waals surface area contributed by atoms with Crippen molar-refractivity contribution in [1.82, 2.24) is 4.90 Å². The number of anilines is 1. The van der Waals surface area contributed by atoms with Crippen LogP contribution < -0.4 is 5.32 Å². The first-order valence-corrected chi connectivity index (χ1v) is 6.65. The van der Waals surface area contributed by atoms with Gasteiger partial charge in [0.05, 0.1) is 0 Å². The van der Waals surface area contributed by atoms with Crippen LogP contribution in [0.4, 0.5) is 5.69 Å². The topological polar surface area (TPSA) is 15.3 Å². The summed E-state index contributed by atoms with van der Waals surface area (Å²) in [5, 5.41) is 3.51. The molecule has 0 spiro atoms. The van der Waals surface area contributed by atoms with E-state index in [9.17, 15) is 0 Å². The Balaban J connectivity index is 1.67. The molecule has 17 heavy (non-hydrogen) atoms. The quantitative estimate of drug-likeness (QED) is 0.811. The zero-order valence-electron chi connectivity index (χ0n) is 11.2. The summed E-state index contributed by atoms with van der Waals surface area (Å²) in [4.78, 5) is 2.44. The summed E-state index contributed by atoms with van der Waals surface area (Å²) >= 11 is 0. The molecule has 0 saturated heterocycles. The highest BCUT2D eigenvalue weighted by atomic mass is 15.1. The SMILES string of the molecule is Cc1ccccc1NCCN(C)CC1CC1C. The first kappa shape index (κ1) is 12.4. The van der Waals surface area contributed by atoms with Gasteiger partial charge in [-0.05, 0) is 43.9 Å². The molecule has 1 N–H and O–H groups in total. The van der Waals surface area contributed by atoms with Gasteiger partial charge in [-0.25, -0.2) is 0 Å². The van der Waals surface area contributed by atoms with E-state index >= 15 is 0 Å². The van der Waals surface area contributed by atoms with Crippen LogP contribution in [0, 0.1) is 18.8 Å². The fraction of sp³-hybridized carbons (Fsp3) is 0.600. The van der Waals surface area contributed by atoms with Crippen molar-refractivity contribution in [2.24, 2.45) is 11.8 Å². The van der Waals surface area contributed by atoms with Gasteiger partial charge in [0.25, 0.3) is 0 Å². The van der Waals surface area contributed by atoms with Crippen LogP contribution in [0.5, 0.6) is 0 Å². The van der Waals surface area contributed by atoms with Gasteiger partial charge in [0.2, 0.25) is 0 Å². The molecule has 0 amide bonds. The molecule has 1 fully saturated rings. The van der Waals surface area contributed by atoms with Crippen molar-refractivity contribution in [3.05, 3.63) is 29.8 Å². The number of hydrogen-bond donors (Lipinski definition) is 1. The maximum atomic E-state index is 3.51. The average molecular weight is 232 g/mol. The third-order valence-electron chi connectivity index (χ3n) is 3.78. The van der Waals surface area contributed by atoms with E-state index in [-0.39, 0.29) is 0 Å². The van der Waals surface area contributed by atoms with Crippen LogP contribution in [0.25, 0.3) is 0 Å². The molecule has 0 heterocycles. The second-order valence-electron chi connectivity index (χ2n) is 5.48. The molecule has 2 heteroatoms. The lowest BCUT2D eigenvalue weighted by atomic mass is 10.2. The second-order valence-corrected chi connectivity index (χ2v) is 5.48. The maximum Gasteiger partial charge on any atom is 0.0370 e. The van der Waals surface area contributed by atoms with Gasteiger partial charge < -0.3 is 10.2 Å². The van der Waals surface area contributed by atoms with Crippen molar-refractivity contribution in [1.29, 1.82) is 0 Å². The summed E-state index contributed by atoms with van der Waals surface area (Å²) in [6, 6.07) is 8.47. The van der Waals surface area contributed by atoms with Crippen molar-refractivity contribution in [3.63, 3.8) is 0 Å². The lowest BCUT2D eigenvalue weighted by Gasteiger charge is -2.17. The van der Waals surface area contributed by atoms with Crippen LogP contribution in [0.2, 0.25) is 0 Å². The first-order valence-electron chi connectivity index (χ1n) is 6.65. The van der Waals surface area contributed by atoms with Crippen LogP contribution in [-0.2, 0) is 0 Å². The number of likely N-dealkylation sites (N-methyl/N-ethyl adjacent to an activating group) is 1. The number of hydrogen-bond acceptors (Lipinski definition) is 2. The predicted molar refractivity (Wildman–Crippen MR) is 74.4 cm³/mol. The number of nitrogens with one attached hydrogen (secondary N) is 1. The van der Waals surface area contributed by atoms with Gasteiger partial charge >= 0.3 is 0 Å². The Bertz CT molecular complexity index is 362. The zero-order valence-corrected chi connectivity index (χ0v) is 11.2. The highest BCUT2D eigenvalue weighted by molar-refractivity contribution is 5.50.